The van der Waals surface area contributed by atoms with Crippen molar-refractivity contribution < 1.29 is 4.74 Å². The van der Waals surface area contributed by atoms with Gasteiger partial charge >= 0.3 is 0 Å². The molecule has 6 heteroatoms. The maximum Gasteiger partial charge on any atom is 0.231 e. The third-order valence-electron chi connectivity index (χ3n) is 4.85. The van der Waals surface area contributed by atoms with Crippen molar-refractivity contribution in [2.24, 2.45) is 0 Å². The first-order valence-corrected chi connectivity index (χ1v) is 9.02. The summed E-state index contributed by atoms with van der Waals surface area (Å²) in [6.45, 7) is 1.87. The zero-order valence-corrected chi connectivity index (χ0v) is 15.0. The van der Waals surface area contributed by atoms with Crippen LogP contribution < -0.4 is 4.74 Å². The van der Waals surface area contributed by atoms with Crippen LogP contribution in [0, 0.1) is 0 Å². The van der Waals surface area contributed by atoms with Crippen molar-refractivity contribution in [3.63, 3.8) is 0 Å². The molecule has 130 valence electrons. The van der Waals surface area contributed by atoms with Crippen LogP contribution in [-0.2, 0) is 0 Å². The van der Waals surface area contributed by atoms with Crippen LogP contribution in [0.1, 0.15) is 19.3 Å². The van der Waals surface area contributed by atoms with Gasteiger partial charge in [0.2, 0.25) is 5.88 Å². The van der Waals surface area contributed by atoms with E-state index in [2.05, 4.69) is 22.0 Å². The second-order valence-corrected chi connectivity index (χ2v) is 6.94. The summed E-state index contributed by atoms with van der Waals surface area (Å²) in [4.78, 5) is 6.83. The number of ether oxygens (including phenoxy) is 1. The molecule has 1 aliphatic heterocycles. The molecule has 1 fully saturated rings. The Balaban J connectivity index is 1.51. The number of nitrogens with zero attached hydrogens (tertiary/aromatic N) is 4. The van der Waals surface area contributed by atoms with Crippen molar-refractivity contribution in [1.82, 2.24) is 19.5 Å². The fraction of sp³-hybridized carbons (Fsp3) is 0.368. The first kappa shape index (κ1) is 16.4. The van der Waals surface area contributed by atoms with Crippen LogP contribution in [0.2, 0.25) is 5.02 Å². The van der Waals surface area contributed by atoms with E-state index in [4.69, 9.17) is 16.3 Å². The van der Waals surface area contributed by atoms with E-state index in [9.17, 15) is 0 Å². The van der Waals surface area contributed by atoms with Crippen LogP contribution in [0.4, 0.5) is 0 Å². The number of hydrogen-bond acceptors (Lipinski definition) is 4. The Labute approximate surface area is 152 Å². The summed E-state index contributed by atoms with van der Waals surface area (Å²) in [5.74, 6) is 0.626. The molecular weight excluding hydrogens is 336 g/mol. The van der Waals surface area contributed by atoms with Crippen molar-refractivity contribution in [2.75, 3.05) is 20.2 Å². The Morgan fingerprint density at radius 3 is 2.80 bits per heavy atom. The largest absolute Gasteiger partial charge is 0.477 e. The van der Waals surface area contributed by atoms with Crippen molar-refractivity contribution >= 4 is 17.2 Å². The lowest BCUT2D eigenvalue weighted by Crippen LogP contribution is -2.26. The van der Waals surface area contributed by atoms with E-state index in [1.807, 2.05) is 47.1 Å². The molecule has 1 aromatic carbocycles. The first-order valence-electron chi connectivity index (χ1n) is 8.64. The van der Waals surface area contributed by atoms with E-state index in [-0.39, 0.29) is 0 Å². The highest BCUT2D eigenvalue weighted by Gasteiger charge is 2.20. The van der Waals surface area contributed by atoms with E-state index in [0.717, 1.165) is 23.3 Å². The molecule has 0 radical (unpaired) electrons. The van der Waals surface area contributed by atoms with Crippen LogP contribution in [0.3, 0.4) is 0 Å². The lowest BCUT2D eigenvalue weighted by atomic mass is 10.1. The van der Waals surface area contributed by atoms with Gasteiger partial charge in [0.05, 0.1) is 18.5 Å². The fourth-order valence-electron chi connectivity index (χ4n) is 3.39. The van der Waals surface area contributed by atoms with Crippen LogP contribution in [0.5, 0.6) is 5.88 Å². The highest BCUT2D eigenvalue weighted by atomic mass is 35.5. The average molecular weight is 357 g/mol. The maximum absolute atomic E-state index is 5.98. The van der Waals surface area contributed by atoms with Crippen LogP contribution in [-0.4, -0.2) is 45.7 Å². The molecule has 0 amide bonds. The second kappa shape index (κ2) is 7.02. The molecule has 0 saturated carbocycles. The SMILES string of the molecule is CN1CCCC1CCOc1ccc2ncc(-c3ccc(Cl)cc3)n2n1. The van der Waals surface area contributed by atoms with Gasteiger partial charge in [-0.2, -0.15) is 0 Å². The molecule has 25 heavy (non-hydrogen) atoms. The lowest BCUT2D eigenvalue weighted by molar-refractivity contribution is 0.227. The molecule has 5 nitrogen and oxygen atoms in total. The number of likely N-dealkylation sites (tertiary alicyclic amines) is 1. The fourth-order valence-corrected chi connectivity index (χ4v) is 3.52. The summed E-state index contributed by atoms with van der Waals surface area (Å²) in [5.41, 5.74) is 2.74. The second-order valence-electron chi connectivity index (χ2n) is 6.51. The van der Waals surface area contributed by atoms with Crippen molar-refractivity contribution in [2.45, 2.75) is 25.3 Å². The summed E-state index contributed by atoms with van der Waals surface area (Å²) in [7, 11) is 2.19. The highest BCUT2D eigenvalue weighted by molar-refractivity contribution is 6.30. The molecule has 1 saturated heterocycles. The van der Waals surface area contributed by atoms with Gasteiger partial charge in [0, 0.05) is 22.7 Å². The molecule has 1 aliphatic rings. The number of aromatic nitrogens is 3. The van der Waals surface area contributed by atoms with Gasteiger partial charge in [0.25, 0.3) is 0 Å². The van der Waals surface area contributed by atoms with Crippen LogP contribution in [0.25, 0.3) is 16.9 Å². The average Bonchev–Trinajstić information content (AvgIpc) is 3.22. The predicted molar refractivity (Wildman–Crippen MR) is 99.2 cm³/mol. The Morgan fingerprint density at radius 2 is 2.04 bits per heavy atom. The van der Waals surface area contributed by atoms with Crippen LogP contribution in [0.15, 0.2) is 42.6 Å². The van der Waals surface area contributed by atoms with E-state index < -0.39 is 0 Å². The molecule has 3 heterocycles. The van der Waals surface area contributed by atoms with E-state index in [1.54, 1.807) is 0 Å². The number of benzene rings is 1. The topological polar surface area (TPSA) is 42.7 Å². The molecule has 2 aromatic heterocycles. The van der Waals surface area contributed by atoms with E-state index >= 15 is 0 Å². The minimum absolute atomic E-state index is 0.626. The number of hydrogen-bond donors (Lipinski definition) is 0. The van der Waals surface area contributed by atoms with Gasteiger partial charge in [0.1, 0.15) is 0 Å². The van der Waals surface area contributed by atoms with E-state index in [0.29, 0.717) is 23.6 Å². The minimum atomic E-state index is 0.626. The molecule has 0 aliphatic carbocycles. The normalized spacial score (nSPS) is 18.1. The van der Waals surface area contributed by atoms with Crippen LogP contribution >= 0.6 is 11.6 Å². The molecule has 0 bridgehead atoms. The van der Waals surface area contributed by atoms with Gasteiger partial charge < -0.3 is 9.64 Å². The van der Waals surface area contributed by atoms with E-state index in [1.165, 1.54) is 19.4 Å². The van der Waals surface area contributed by atoms with Gasteiger partial charge in [-0.15, -0.1) is 5.10 Å². The maximum atomic E-state index is 5.98. The van der Waals surface area contributed by atoms with Gasteiger partial charge in [-0.25, -0.2) is 9.50 Å². The predicted octanol–water partition coefficient (Wildman–Crippen LogP) is 3.91. The molecule has 0 N–H and O–H groups in total. The smallest absolute Gasteiger partial charge is 0.231 e. The zero-order valence-electron chi connectivity index (χ0n) is 14.2. The van der Waals surface area contributed by atoms with Gasteiger partial charge in [-0.05, 0) is 51.1 Å². The molecular formula is C19H21ClN4O. The quantitative estimate of drug-likeness (QED) is 0.695. The third kappa shape index (κ3) is 3.48. The lowest BCUT2D eigenvalue weighted by Gasteiger charge is -2.19. The Morgan fingerprint density at radius 1 is 1.20 bits per heavy atom. The first-order chi connectivity index (χ1) is 12.2. The Kier molecular flexibility index (Phi) is 4.59. The molecule has 1 atom stereocenters. The summed E-state index contributed by atoms with van der Waals surface area (Å²) in [5, 5.41) is 5.32. The van der Waals surface area contributed by atoms with Crippen molar-refractivity contribution in [3.8, 4) is 17.1 Å². The number of imidazole rings is 1. The number of rotatable bonds is 5. The summed E-state index contributed by atoms with van der Waals surface area (Å²) in [6, 6.07) is 12.1. The summed E-state index contributed by atoms with van der Waals surface area (Å²) < 4.78 is 7.72. The van der Waals surface area contributed by atoms with Crippen molar-refractivity contribution in [3.05, 3.63) is 47.6 Å². The summed E-state index contributed by atoms with van der Waals surface area (Å²) in [6.07, 6.45) is 5.40. The highest BCUT2D eigenvalue weighted by Crippen LogP contribution is 2.23. The minimum Gasteiger partial charge on any atom is -0.477 e. The van der Waals surface area contributed by atoms with Gasteiger partial charge in [0.15, 0.2) is 5.65 Å². The number of halogens is 1. The number of fused-ring (bicyclic) bond motifs is 1. The molecule has 1 unspecified atom stereocenters. The van der Waals surface area contributed by atoms with Gasteiger partial charge in [-0.1, -0.05) is 23.7 Å². The molecule has 4 rings (SSSR count). The standard InChI is InChI=1S/C19H21ClN4O/c1-23-11-2-3-16(23)10-12-25-19-9-8-18-21-13-17(24(18)22-19)14-4-6-15(20)7-5-14/h4-9,13,16H,2-3,10-12H2,1H3. The monoisotopic (exact) mass is 356 g/mol. The van der Waals surface area contributed by atoms with Crippen molar-refractivity contribution in [1.29, 1.82) is 0 Å². The Hall–Kier alpha value is -2.11. The zero-order chi connectivity index (χ0) is 17.2. The van der Waals surface area contributed by atoms with Gasteiger partial charge in [-0.3, -0.25) is 0 Å². The molecule has 3 aromatic rings. The molecule has 0 spiro atoms. The Bertz CT molecular complexity index is 861. The summed E-state index contributed by atoms with van der Waals surface area (Å²) >= 11 is 5.98. The third-order valence-corrected chi connectivity index (χ3v) is 5.10.